The normalized spacial score (nSPS) is 39.7. The van der Waals surface area contributed by atoms with Crippen molar-refractivity contribution in [2.75, 3.05) is 18.1 Å². The molecule has 3 unspecified atom stereocenters. The molecule has 3 atom stereocenters. The predicted molar refractivity (Wildman–Crippen MR) is 57.3 cm³/mol. The molecule has 0 bridgehead atoms. The zero-order valence-electron chi connectivity index (χ0n) is 8.78. The monoisotopic (exact) mass is 235 g/mol. The standard InChI is InChI=1S/C10H18FNO2S/c11-9-2-1-3-10(9)12-6-8-4-5-15(13,14)7-8/h8-10,12H,1-7H2. The van der Waals surface area contributed by atoms with Crippen molar-refractivity contribution >= 4 is 9.84 Å². The first-order chi connectivity index (χ1) is 7.07. The molecule has 1 aliphatic heterocycles. The zero-order valence-corrected chi connectivity index (χ0v) is 9.60. The lowest BCUT2D eigenvalue weighted by Gasteiger charge is -2.17. The summed E-state index contributed by atoms with van der Waals surface area (Å²) in [4.78, 5) is 0. The van der Waals surface area contributed by atoms with Crippen LogP contribution in [0.2, 0.25) is 0 Å². The number of nitrogens with one attached hydrogen (secondary N) is 1. The van der Waals surface area contributed by atoms with E-state index in [0.717, 1.165) is 19.3 Å². The topological polar surface area (TPSA) is 46.2 Å². The van der Waals surface area contributed by atoms with Gasteiger partial charge in [0.2, 0.25) is 0 Å². The minimum absolute atomic E-state index is 0.0340. The van der Waals surface area contributed by atoms with Crippen molar-refractivity contribution in [1.82, 2.24) is 5.32 Å². The second kappa shape index (κ2) is 4.37. The van der Waals surface area contributed by atoms with Crippen LogP contribution in [0.3, 0.4) is 0 Å². The van der Waals surface area contributed by atoms with Crippen LogP contribution in [0, 0.1) is 5.92 Å². The number of sulfone groups is 1. The van der Waals surface area contributed by atoms with Gasteiger partial charge < -0.3 is 5.32 Å². The summed E-state index contributed by atoms with van der Waals surface area (Å²) in [5.74, 6) is 0.787. The molecule has 15 heavy (non-hydrogen) atoms. The molecular formula is C10H18FNO2S. The van der Waals surface area contributed by atoms with Gasteiger partial charge in [-0.1, -0.05) is 0 Å². The lowest BCUT2D eigenvalue weighted by Crippen LogP contribution is -2.37. The van der Waals surface area contributed by atoms with E-state index in [0.29, 0.717) is 18.7 Å². The first-order valence-electron chi connectivity index (χ1n) is 5.65. The number of alkyl halides is 1. The van der Waals surface area contributed by atoms with Gasteiger partial charge in [0.25, 0.3) is 0 Å². The van der Waals surface area contributed by atoms with E-state index in [1.165, 1.54) is 0 Å². The van der Waals surface area contributed by atoms with Crippen LogP contribution >= 0.6 is 0 Å². The number of rotatable bonds is 3. The van der Waals surface area contributed by atoms with Gasteiger partial charge in [0.05, 0.1) is 11.5 Å². The Morgan fingerprint density at radius 1 is 1.27 bits per heavy atom. The third-order valence-corrected chi connectivity index (χ3v) is 5.26. The van der Waals surface area contributed by atoms with E-state index in [1.54, 1.807) is 0 Å². The zero-order chi connectivity index (χ0) is 10.9. The Kier molecular flexibility index (Phi) is 3.30. The summed E-state index contributed by atoms with van der Waals surface area (Å²) in [7, 11) is -2.79. The van der Waals surface area contributed by atoms with Gasteiger partial charge in [0, 0.05) is 6.04 Å². The SMILES string of the molecule is O=S1(=O)CCC(CNC2CCCC2F)C1. The van der Waals surface area contributed by atoms with Crippen LogP contribution in [0.15, 0.2) is 0 Å². The quantitative estimate of drug-likeness (QED) is 0.790. The molecule has 3 nitrogen and oxygen atoms in total. The van der Waals surface area contributed by atoms with E-state index in [-0.39, 0.29) is 17.7 Å². The highest BCUT2D eigenvalue weighted by molar-refractivity contribution is 7.91. The van der Waals surface area contributed by atoms with Gasteiger partial charge in [-0.15, -0.1) is 0 Å². The van der Waals surface area contributed by atoms with Crippen LogP contribution in [-0.4, -0.2) is 38.7 Å². The molecule has 0 radical (unpaired) electrons. The maximum Gasteiger partial charge on any atom is 0.150 e. The Bertz CT molecular complexity index is 317. The lowest BCUT2D eigenvalue weighted by molar-refractivity contribution is 0.273. The van der Waals surface area contributed by atoms with E-state index in [1.807, 2.05) is 0 Å². The predicted octanol–water partition coefficient (Wildman–Crippen LogP) is 0.901. The summed E-state index contributed by atoms with van der Waals surface area (Å²) in [6.45, 7) is 0.657. The number of hydrogen-bond donors (Lipinski definition) is 1. The fraction of sp³-hybridized carbons (Fsp3) is 1.00. The molecule has 0 aromatic heterocycles. The van der Waals surface area contributed by atoms with Crippen molar-refractivity contribution in [3.05, 3.63) is 0 Å². The molecule has 0 aromatic carbocycles. The van der Waals surface area contributed by atoms with E-state index >= 15 is 0 Å². The Hall–Kier alpha value is -0.160. The third kappa shape index (κ3) is 2.91. The summed E-state index contributed by atoms with van der Waals surface area (Å²) < 4.78 is 35.6. The van der Waals surface area contributed by atoms with Crippen LogP contribution in [0.25, 0.3) is 0 Å². The van der Waals surface area contributed by atoms with Crippen LogP contribution < -0.4 is 5.32 Å². The van der Waals surface area contributed by atoms with Crippen LogP contribution in [0.5, 0.6) is 0 Å². The van der Waals surface area contributed by atoms with Gasteiger partial charge in [-0.05, 0) is 38.1 Å². The molecule has 0 aromatic rings. The summed E-state index contributed by atoms with van der Waals surface area (Å²) >= 11 is 0. The fourth-order valence-corrected chi connectivity index (χ4v) is 4.36. The average molecular weight is 235 g/mol. The maximum atomic E-state index is 13.2. The molecule has 88 valence electrons. The molecule has 2 rings (SSSR count). The fourth-order valence-electron chi connectivity index (χ4n) is 2.50. The van der Waals surface area contributed by atoms with Gasteiger partial charge in [-0.25, -0.2) is 12.8 Å². The lowest BCUT2D eigenvalue weighted by atomic mass is 10.1. The van der Waals surface area contributed by atoms with Crippen molar-refractivity contribution in [1.29, 1.82) is 0 Å². The Labute approximate surface area is 90.4 Å². The van der Waals surface area contributed by atoms with Gasteiger partial charge in [0.15, 0.2) is 9.84 Å². The highest BCUT2D eigenvalue weighted by atomic mass is 32.2. The smallest absolute Gasteiger partial charge is 0.150 e. The summed E-state index contributed by atoms with van der Waals surface area (Å²) in [6, 6.07) is -0.0340. The molecule has 0 spiro atoms. The number of hydrogen-bond acceptors (Lipinski definition) is 3. The molecule has 1 N–H and O–H groups in total. The van der Waals surface area contributed by atoms with E-state index < -0.39 is 16.0 Å². The minimum Gasteiger partial charge on any atom is -0.311 e. The van der Waals surface area contributed by atoms with Crippen LogP contribution in [-0.2, 0) is 9.84 Å². The van der Waals surface area contributed by atoms with Crippen molar-refractivity contribution < 1.29 is 12.8 Å². The van der Waals surface area contributed by atoms with Crippen molar-refractivity contribution in [3.8, 4) is 0 Å². The highest BCUT2D eigenvalue weighted by Gasteiger charge is 2.31. The first kappa shape index (κ1) is 11.3. The van der Waals surface area contributed by atoms with Crippen molar-refractivity contribution in [3.63, 3.8) is 0 Å². The molecular weight excluding hydrogens is 217 g/mol. The van der Waals surface area contributed by atoms with Gasteiger partial charge in [-0.3, -0.25) is 0 Å². The second-order valence-corrected chi connectivity index (χ2v) is 6.96. The molecule has 1 aliphatic carbocycles. The highest BCUT2D eigenvalue weighted by Crippen LogP contribution is 2.23. The molecule has 1 heterocycles. The average Bonchev–Trinajstić information content (AvgIpc) is 2.69. The second-order valence-electron chi connectivity index (χ2n) is 4.73. The van der Waals surface area contributed by atoms with Crippen molar-refractivity contribution in [2.24, 2.45) is 5.92 Å². The van der Waals surface area contributed by atoms with E-state index in [4.69, 9.17) is 0 Å². The van der Waals surface area contributed by atoms with Gasteiger partial charge >= 0.3 is 0 Å². The molecule has 0 amide bonds. The van der Waals surface area contributed by atoms with Crippen molar-refractivity contribution in [2.45, 2.75) is 37.9 Å². The Morgan fingerprint density at radius 2 is 2.07 bits per heavy atom. The molecule has 5 heteroatoms. The summed E-state index contributed by atoms with van der Waals surface area (Å²) in [5.41, 5.74) is 0. The largest absolute Gasteiger partial charge is 0.311 e. The molecule has 2 fully saturated rings. The Balaban J connectivity index is 1.75. The van der Waals surface area contributed by atoms with E-state index in [2.05, 4.69) is 5.32 Å². The van der Waals surface area contributed by atoms with Crippen LogP contribution in [0.4, 0.5) is 4.39 Å². The maximum absolute atomic E-state index is 13.2. The summed E-state index contributed by atoms with van der Waals surface area (Å²) in [5, 5.41) is 3.17. The number of halogens is 1. The van der Waals surface area contributed by atoms with E-state index in [9.17, 15) is 12.8 Å². The molecule has 1 saturated carbocycles. The minimum atomic E-state index is -2.79. The molecule has 1 saturated heterocycles. The molecule has 2 aliphatic rings. The van der Waals surface area contributed by atoms with Gasteiger partial charge in [-0.2, -0.15) is 0 Å². The van der Waals surface area contributed by atoms with Gasteiger partial charge in [0.1, 0.15) is 6.17 Å². The Morgan fingerprint density at radius 3 is 2.60 bits per heavy atom. The van der Waals surface area contributed by atoms with Crippen LogP contribution in [0.1, 0.15) is 25.7 Å². The third-order valence-electron chi connectivity index (χ3n) is 3.43. The first-order valence-corrected chi connectivity index (χ1v) is 7.47. The summed E-state index contributed by atoms with van der Waals surface area (Å²) in [6.07, 6.45) is 2.49.